The van der Waals surface area contributed by atoms with Crippen LogP contribution in [0.4, 0.5) is 29.3 Å². The first-order chi connectivity index (χ1) is 14.0. The Morgan fingerprint density at radius 3 is 2.45 bits per heavy atom. The number of halogens is 3. The standard InChI is InChI=1S/C18H27F3N4O5Si/c1-17(2,3)31(4,5)30-15-11(18(19,20)21)9-24(10-12(15)23-16(26)27)13-6-7-22-8-14(13)25(28)29/h6-8,11-12,15,23H,9-10H2,1-5H3,(H,26,27)/t11-,12+,15-/m0/s1. The summed E-state index contributed by atoms with van der Waals surface area (Å²) in [4.78, 5) is 26.8. The average molecular weight is 465 g/mol. The fourth-order valence-corrected chi connectivity index (χ4v) is 4.64. The second-order valence-electron chi connectivity index (χ2n) is 9.07. The van der Waals surface area contributed by atoms with Gasteiger partial charge in [0.1, 0.15) is 11.9 Å². The van der Waals surface area contributed by atoms with Gasteiger partial charge in [-0.2, -0.15) is 13.2 Å². The van der Waals surface area contributed by atoms with Crippen LogP contribution in [0.25, 0.3) is 0 Å². The van der Waals surface area contributed by atoms with Gasteiger partial charge in [-0.3, -0.25) is 15.1 Å². The zero-order valence-electron chi connectivity index (χ0n) is 17.9. The van der Waals surface area contributed by atoms with E-state index >= 15 is 0 Å². The first-order valence-corrected chi connectivity index (χ1v) is 12.5. The Morgan fingerprint density at radius 2 is 1.97 bits per heavy atom. The molecular weight excluding hydrogens is 437 g/mol. The van der Waals surface area contributed by atoms with Crippen molar-refractivity contribution in [1.29, 1.82) is 0 Å². The van der Waals surface area contributed by atoms with Crippen molar-refractivity contribution in [2.45, 2.75) is 57.2 Å². The molecular formula is C18H27F3N4O5Si. The predicted octanol–water partition coefficient (Wildman–Crippen LogP) is 4.01. The van der Waals surface area contributed by atoms with Crippen LogP contribution in [0.5, 0.6) is 0 Å². The van der Waals surface area contributed by atoms with Gasteiger partial charge >= 0.3 is 18.0 Å². The van der Waals surface area contributed by atoms with E-state index in [1.54, 1.807) is 13.1 Å². The molecule has 0 saturated carbocycles. The number of nitrogens with one attached hydrogen (secondary N) is 1. The Kier molecular flexibility index (Phi) is 6.90. The first kappa shape index (κ1) is 24.9. The zero-order chi connectivity index (χ0) is 23.8. The summed E-state index contributed by atoms with van der Waals surface area (Å²) in [6, 6.07) is -0.00178. The highest BCUT2D eigenvalue weighted by Crippen LogP contribution is 2.43. The normalized spacial score (nSPS) is 22.8. The molecule has 31 heavy (non-hydrogen) atoms. The van der Waals surface area contributed by atoms with Crippen molar-refractivity contribution in [3.05, 3.63) is 28.6 Å². The summed E-state index contributed by atoms with van der Waals surface area (Å²) in [7, 11) is -2.71. The summed E-state index contributed by atoms with van der Waals surface area (Å²) in [5.74, 6) is -2.06. The summed E-state index contributed by atoms with van der Waals surface area (Å²) in [6.07, 6.45) is -5.49. The number of rotatable bonds is 5. The fourth-order valence-electron chi connectivity index (χ4n) is 3.28. The van der Waals surface area contributed by atoms with Gasteiger partial charge in [-0.05, 0) is 24.2 Å². The Labute approximate surface area is 178 Å². The van der Waals surface area contributed by atoms with Crippen LogP contribution in [-0.2, 0) is 4.43 Å². The summed E-state index contributed by atoms with van der Waals surface area (Å²) in [6.45, 7) is 8.37. The smallest absolute Gasteiger partial charge is 0.405 e. The Hall–Kier alpha value is -2.41. The van der Waals surface area contributed by atoms with Gasteiger partial charge in [0, 0.05) is 19.3 Å². The minimum atomic E-state index is -4.72. The molecule has 0 bridgehead atoms. The molecule has 13 heteroatoms. The topological polar surface area (TPSA) is 118 Å². The average Bonchev–Trinajstić information content (AvgIpc) is 2.60. The molecule has 0 aliphatic carbocycles. The lowest BCUT2D eigenvalue weighted by molar-refractivity contribution is -0.384. The number of hydrogen-bond donors (Lipinski definition) is 2. The van der Waals surface area contributed by atoms with E-state index in [0.717, 1.165) is 6.20 Å². The first-order valence-electron chi connectivity index (χ1n) is 9.62. The maximum atomic E-state index is 14.1. The molecule has 174 valence electrons. The number of carboxylic acid groups (broad SMARTS) is 1. The summed E-state index contributed by atoms with van der Waals surface area (Å²) in [5.41, 5.74) is -0.515. The third-order valence-electron chi connectivity index (χ3n) is 5.91. The summed E-state index contributed by atoms with van der Waals surface area (Å²) in [5, 5.41) is 22.3. The van der Waals surface area contributed by atoms with E-state index in [0.29, 0.717) is 0 Å². The second-order valence-corrected chi connectivity index (χ2v) is 13.8. The van der Waals surface area contributed by atoms with Gasteiger partial charge in [0.05, 0.1) is 23.0 Å². The van der Waals surface area contributed by atoms with E-state index in [-0.39, 0.29) is 12.2 Å². The van der Waals surface area contributed by atoms with Crippen molar-refractivity contribution >= 4 is 25.8 Å². The van der Waals surface area contributed by atoms with Gasteiger partial charge in [-0.15, -0.1) is 0 Å². The van der Waals surface area contributed by atoms with Crippen molar-refractivity contribution in [3.8, 4) is 0 Å². The van der Waals surface area contributed by atoms with Crippen LogP contribution in [0, 0.1) is 16.0 Å². The molecule has 1 saturated heterocycles. The minimum Gasteiger partial charge on any atom is -0.465 e. The lowest BCUT2D eigenvalue weighted by Crippen LogP contribution is -2.65. The molecule has 2 heterocycles. The zero-order valence-corrected chi connectivity index (χ0v) is 18.9. The molecule has 1 fully saturated rings. The lowest BCUT2D eigenvalue weighted by atomic mass is 9.89. The number of piperidine rings is 1. The number of hydrogen-bond acceptors (Lipinski definition) is 6. The molecule has 2 N–H and O–H groups in total. The highest BCUT2D eigenvalue weighted by molar-refractivity contribution is 6.74. The SMILES string of the molecule is CC(C)(C)[Si](C)(C)O[C@@H]1[C@H](NC(=O)O)CN(c2ccncc2[N+](=O)[O-])C[C@@H]1C(F)(F)F. The number of pyridine rings is 1. The Morgan fingerprint density at radius 1 is 1.35 bits per heavy atom. The predicted molar refractivity (Wildman–Crippen MR) is 110 cm³/mol. The molecule has 0 radical (unpaired) electrons. The lowest BCUT2D eigenvalue weighted by Gasteiger charge is -2.49. The van der Waals surface area contributed by atoms with E-state index < -0.39 is 60.8 Å². The van der Waals surface area contributed by atoms with Crippen LogP contribution in [0.3, 0.4) is 0 Å². The second kappa shape index (κ2) is 8.61. The van der Waals surface area contributed by atoms with Gasteiger partial charge < -0.3 is 19.7 Å². The monoisotopic (exact) mass is 464 g/mol. The third-order valence-corrected chi connectivity index (χ3v) is 10.4. The quantitative estimate of drug-likeness (QED) is 0.384. The molecule has 1 aromatic rings. The molecule has 1 aromatic heterocycles. The fraction of sp³-hybridized carbons (Fsp3) is 0.667. The molecule has 9 nitrogen and oxygen atoms in total. The van der Waals surface area contributed by atoms with Gasteiger partial charge in [0.2, 0.25) is 0 Å². The molecule has 3 atom stereocenters. The molecule has 0 spiro atoms. The van der Waals surface area contributed by atoms with E-state index in [1.807, 2.05) is 20.8 Å². The number of carbonyl (C=O) groups is 1. The highest BCUT2D eigenvalue weighted by atomic mass is 28.4. The van der Waals surface area contributed by atoms with Crippen molar-refractivity contribution < 1.29 is 32.4 Å². The van der Waals surface area contributed by atoms with Crippen molar-refractivity contribution in [1.82, 2.24) is 10.3 Å². The van der Waals surface area contributed by atoms with E-state index in [1.165, 1.54) is 17.2 Å². The Bertz CT molecular complexity index is 831. The number of amides is 1. The van der Waals surface area contributed by atoms with Crippen molar-refractivity contribution in [3.63, 3.8) is 0 Å². The number of nitro groups is 1. The van der Waals surface area contributed by atoms with Crippen LogP contribution in [0.2, 0.25) is 18.1 Å². The van der Waals surface area contributed by atoms with Crippen LogP contribution < -0.4 is 10.2 Å². The number of anilines is 1. The van der Waals surface area contributed by atoms with Gasteiger partial charge in [-0.25, -0.2) is 4.79 Å². The van der Waals surface area contributed by atoms with Crippen molar-refractivity contribution in [2.24, 2.45) is 5.92 Å². The van der Waals surface area contributed by atoms with Crippen LogP contribution in [0.1, 0.15) is 20.8 Å². The Balaban J connectivity index is 2.52. The van der Waals surface area contributed by atoms with Crippen LogP contribution in [-0.4, -0.2) is 60.8 Å². The molecule has 0 unspecified atom stereocenters. The highest BCUT2D eigenvalue weighted by Gasteiger charge is 2.55. The minimum absolute atomic E-state index is 0.0581. The van der Waals surface area contributed by atoms with Crippen LogP contribution in [0.15, 0.2) is 18.5 Å². The molecule has 2 rings (SSSR count). The molecule has 1 aliphatic heterocycles. The molecule has 1 aliphatic rings. The van der Waals surface area contributed by atoms with Gasteiger partial charge in [0.25, 0.3) is 0 Å². The van der Waals surface area contributed by atoms with Crippen LogP contribution >= 0.6 is 0 Å². The summed E-state index contributed by atoms with van der Waals surface area (Å²) >= 11 is 0. The largest absolute Gasteiger partial charge is 0.465 e. The molecule has 1 amide bonds. The molecule has 0 aromatic carbocycles. The summed E-state index contributed by atoms with van der Waals surface area (Å²) < 4.78 is 48.4. The maximum absolute atomic E-state index is 14.1. The number of alkyl halides is 3. The van der Waals surface area contributed by atoms with Gasteiger partial charge in [-0.1, -0.05) is 20.8 Å². The third kappa shape index (κ3) is 5.64. The number of aromatic nitrogens is 1. The van der Waals surface area contributed by atoms with Gasteiger partial charge in [0.15, 0.2) is 8.32 Å². The number of nitrogens with zero attached hydrogens (tertiary/aromatic N) is 3. The van der Waals surface area contributed by atoms with Crippen molar-refractivity contribution in [2.75, 3.05) is 18.0 Å². The van der Waals surface area contributed by atoms with E-state index in [4.69, 9.17) is 4.43 Å². The maximum Gasteiger partial charge on any atom is 0.405 e. The van der Waals surface area contributed by atoms with E-state index in [9.17, 15) is 33.2 Å². The van der Waals surface area contributed by atoms with E-state index in [2.05, 4.69) is 10.3 Å².